The molecule has 196 valence electrons. The molecule has 0 radical (unpaired) electrons. The van der Waals surface area contributed by atoms with Crippen molar-refractivity contribution in [2.24, 2.45) is 11.8 Å². The summed E-state index contributed by atoms with van der Waals surface area (Å²) in [4.78, 5) is 22.3. The maximum absolute atomic E-state index is 12.9. The summed E-state index contributed by atoms with van der Waals surface area (Å²) in [6, 6.07) is 8.69. The van der Waals surface area contributed by atoms with Gasteiger partial charge in [0.15, 0.2) is 0 Å². The predicted octanol–water partition coefficient (Wildman–Crippen LogP) is 6.24. The number of amides is 1. The number of rotatable bonds is 8. The molecule has 2 aromatic rings. The Labute approximate surface area is 217 Å². The number of nitrogens with zero attached hydrogens (tertiary/aromatic N) is 3. The lowest BCUT2D eigenvalue weighted by Crippen LogP contribution is -2.43. The Hall–Kier alpha value is -2.14. The molecule has 3 fully saturated rings. The monoisotopic (exact) mass is 491 g/mol. The molecule has 3 aliphatic rings. The first-order valence-electron chi connectivity index (χ1n) is 14.7. The average molecular weight is 492 g/mol. The van der Waals surface area contributed by atoms with Gasteiger partial charge in [0.25, 0.3) is 0 Å². The number of aromatic nitrogens is 1. The number of likely N-dealkylation sites (tertiary alicyclic amines) is 2. The van der Waals surface area contributed by atoms with Crippen molar-refractivity contribution in [2.45, 2.75) is 90.1 Å². The zero-order valence-electron chi connectivity index (χ0n) is 22.3. The molecule has 5 nitrogen and oxygen atoms in total. The van der Waals surface area contributed by atoms with Gasteiger partial charge in [0, 0.05) is 50.2 Å². The second kappa shape index (κ2) is 12.4. The fraction of sp³-hybridized carbons (Fsp3) is 0.677. The van der Waals surface area contributed by atoms with Crippen LogP contribution in [0.3, 0.4) is 0 Å². The van der Waals surface area contributed by atoms with Gasteiger partial charge < -0.3 is 14.5 Å². The Bertz CT molecular complexity index is 986. The third kappa shape index (κ3) is 6.40. The highest BCUT2D eigenvalue weighted by atomic mass is 16.5. The standard InChI is InChI=1S/C31H45N3O2/c1-2-3-8-25-21-27-9-7-16-32-30(27)29(22-25)36-28-14-19-33(20-15-28)23-24-10-12-26(13-11-24)31(35)34-17-5-4-6-18-34/h7,9,16,21-22,24,26,28H,2-6,8,10-15,17-20,23H2,1H3/t24-,26-. The zero-order valence-corrected chi connectivity index (χ0v) is 22.3. The van der Waals surface area contributed by atoms with Crippen molar-refractivity contribution >= 4 is 16.8 Å². The third-order valence-corrected chi connectivity index (χ3v) is 8.76. The highest BCUT2D eigenvalue weighted by molar-refractivity contribution is 5.85. The van der Waals surface area contributed by atoms with E-state index in [0.29, 0.717) is 5.91 Å². The Morgan fingerprint density at radius 3 is 2.53 bits per heavy atom. The first-order chi connectivity index (χ1) is 17.7. The van der Waals surface area contributed by atoms with Gasteiger partial charge in [-0.25, -0.2) is 0 Å². The van der Waals surface area contributed by atoms with Crippen molar-refractivity contribution in [2.75, 3.05) is 32.7 Å². The van der Waals surface area contributed by atoms with E-state index in [1.165, 1.54) is 62.4 Å². The number of carbonyl (C=O) groups excluding carboxylic acids is 1. The first-order valence-corrected chi connectivity index (χ1v) is 14.7. The SMILES string of the molecule is CCCCc1cc(OC2CCN(C[C@H]3CC[C@H](C(=O)N4CCCCC4)CC3)CC2)c2ncccc2c1. The van der Waals surface area contributed by atoms with Crippen molar-refractivity contribution in [1.29, 1.82) is 0 Å². The number of unbranched alkanes of at least 4 members (excludes halogenated alkanes) is 1. The minimum atomic E-state index is 0.269. The molecule has 0 atom stereocenters. The van der Waals surface area contributed by atoms with Crippen molar-refractivity contribution in [3.63, 3.8) is 0 Å². The van der Waals surface area contributed by atoms with Crippen molar-refractivity contribution in [3.05, 3.63) is 36.0 Å². The molecular formula is C31H45N3O2. The van der Waals surface area contributed by atoms with Gasteiger partial charge in [-0.2, -0.15) is 0 Å². The van der Waals surface area contributed by atoms with Gasteiger partial charge in [0.1, 0.15) is 17.4 Å². The highest BCUT2D eigenvalue weighted by Gasteiger charge is 2.31. The van der Waals surface area contributed by atoms with E-state index >= 15 is 0 Å². The minimum Gasteiger partial charge on any atom is -0.488 e. The Morgan fingerprint density at radius 2 is 1.78 bits per heavy atom. The van der Waals surface area contributed by atoms with Gasteiger partial charge in [-0.1, -0.05) is 19.4 Å². The third-order valence-electron chi connectivity index (χ3n) is 8.76. The van der Waals surface area contributed by atoms with Crippen LogP contribution in [0.4, 0.5) is 0 Å². The number of fused-ring (bicyclic) bond motifs is 1. The summed E-state index contributed by atoms with van der Waals surface area (Å²) in [7, 11) is 0. The number of aryl methyl sites for hydroxylation is 1. The van der Waals surface area contributed by atoms with Crippen molar-refractivity contribution in [1.82, 2.24) is 14.8 Å². The first kappa shape index (κ1) is 25.5. The summed E-state index contributed by atoms with van der Waals surface area (Å²) in [6.07, 6.45) is 16.1. The summed E-state index contributed by atoms with van der Waals surface area (Å²) in [6.45, 7) is 7.63. The summed E-state index contributed by atoms with van der Waals surface area (Å²) >= 11 is 0. The van der Waals surface area contributed by atoms with E-state index in [-0.39, 0.29) is 12.0 Å². The molecule has 5 rings (SSSR count). The van der Waals surface area contributed by atoms with E-state index in [9.17, 15) is 4.79 Å². The normalized spacial score (nSPS) is 24.2. The zero-order chi connectivity index (χ0) is 24.7. The Balaban J connectivity index is 1.09. The lowest BCUT2D eigenvalue weighted by Gasteiger charge is -2.37. The van der Waals surface area contributed by atoms with E-state index in [1.54, 1.807) is 0 Å². The molecular weight excluding hydrogens is 446 g/mol. The quantitative estimate of drug-likeness (QED) is 0.438. The van der Waals surface area contributed by atoms with E-state index < -0.39 is 0 Å². The number of benzene rings is 1. The summed E-state index contributed by atoms with van der Waals surface area (Å²) < 4.78 is 6.59. The smallest absolute Gasteiger partial charge is 0.225 e. The molecule has 3 heterocycles. The van der Waals surface area contributed by atoms with Crippen LogP contribution in [0.1, 0.15) is 83.1 Å². The van der Waals surface area contributed by atoms with Gasteiger partial charge in [-0.15, -0.1) is 0 Å². The second-order valence-corrected chi connectivity index (χ2v) is 11.5. The molecule has 0 spiro atoms. The molecule has 1 aromatic carbocycles. The van der Waals surface area contributed by atoms with Crippen LogP contribution in [0.5, 0.6) is 5.75 Å². The number of piperidine rings is 2. The van der Waals surface area contributed by atoms with E-state index in [4.69, 9.17) is 4.74 Å². The second-order valence-electron chi connectivity index (χ2n) is 11.5. The summed E-state index contributed by atoms with van der Waals surface area (Å²) in [5.41, 5.74) is 2.36. The van der Waals surface area contributed by atoms with Gasteiger partial charge in [0.2, 0.25) is 5.91 Å². The largest absolute Gasteiger partial charge is 0.488 e. The van der Waals surface area contributed by atoms with Crippen LogP contribution >= 0.6 is 0 Å². The van der Waals surface area contributed by atoms with Gasteiger partial charge in [-0.05, 0) is 100 Å². The molecule has 36 heavy (non-hydrogen) atoms. The van der Waals surface area contributed by atoms with E-state index in [2.05, 4.69) is 39.9 Å². The van der Waals surface area contributed by atoms with Crippen LogP contribution in [0.15, 0.2) is 30.5 Å². The lowest BCUT2D eigenvalue weighted by atomic mass is 9.80. The summed E-state index contributed by atoms with van der Waals surface area (Å²) in [5, 5.41) is 1.19. The topological polar surface area (TPSA) is 45.7 Å². The maximum atomic E-state index is 12.9. The molecule has 5 heteroatoms. The number of ether oxygens (including phenoxy) is 1. The molecule has 1 aliphatic carbocycles. The lowest BCUT2D eigenvalue weighted by molar-refractivity contribution is -0.137. The van der Waals surface area contributed by atoms with Crippen molar-refractivity contribution < 1.29 is 9.53 Å². The maximum Gasteiger partial charge on any atom is 0.225 e. The molecule has 0 bridgehead atoms. The van der Waals surface area contributed by atoms with Gasteiger partial charge in [-0.3, -0.25) is 9.78 Å². The van der Waals surface area contributed by atoms with Crippen LogP contribution in [-0.2, 0) is 11.2 Å². The summed E-state index contributed by atoms with van der Waals surface area (Å²) in [5.74, 6) is 2.45. The Morgan fingerprint density at radius 1 is 1.00 bits per heavy atom. The highest BCUT2D eigenvalue weighted by Crippen LogP contribution is 2.33. The van der Waals surface area contributed by atoms with Gasteiger partial charge in [0.05, 0.1) is 0 Å². The van der Waals surface area contributed by atoms with Crippen molar-refractivity contribution in [3.8, 4) is 5.75 Å². The molecule has 1 saturated carbocycles. The Kier molecular flexibility index (Phi) is 8.79. The fourth-order valence-corrected chi connectivity index (χ4v) is 6.55. The van der Waals surface area contributed by atoms with Crippen LogP contribution in [0, 0.1) is 11.8 Å². The number of hydrogen-bond acceptors (Lipinski definition) is 4. The van der Waals surface area contributed by atoms with E-state index in [1.807, 2.05) is 12.3 Å². The molecule has 0 N–H and O–H groups in total. The number of pyridine rings is 1. The van der Waals surface area contributed by atoms with Gasteiger partial charge >= 0.3 is 0 Å². The van der Waals surface area contributed by atoms with Crippen LogP contribution < -0.4 is 4.74 Å². The van der Waals surface area contributed by atoms with Crippen LogP contribution in [0.25, 0.3) is 10.9 Å². The van der Waals surface area contributed by atoms with Crippen LogP contribution in [0.2, 0.25) is 0 Å². The molecule has 2 aliphatic heterocycles. The molecule has 0 unspecified atom stereocenters. The minimum absolute atomic E-state index is 0.269. The van der Waals surface area contributed by atoms with Crippen LogP contribution in [-0.4, -0.2) is 59.5 Å². The average Bonchev–Trinajstić information content (AvgIpc) is 2.93. The number of carbonyl (C=O) groups is 1. The van der Waals surface area contributed by atoms with E-state index in [0.717, 1.165) is 75.5 Å². The predicted molar refractivity (Wildman–Crippen MR) is 146 cm³/mol. The molecule has 2 saturated heterocycles. The fourth-order valence-electron chi connectivity index (χ4n) is 6.55. The molecule has 1 aromatic heterocycles. The molecule has 1 amide bonds. The number of hydrogen-bond donors (Lipinski definition) is 0.